The summed E-state index contributed by atoms with van der Waals surface area (Å²) in [5, 5.41) is 5.74. The Morgan fingerprint density at radius 1 is 0.227 bits per heavy atom. The van der Waals surface area contributed by atoms with Crippen LogP contribution in [0, 0.1) is 23.3 Å². The molecule has 0 aliphatic carbocycles. The van der Waals surface area contributed by atoms with Crippen LogP contribution in [0.4, 0.5) is 85.8 Å². The third-order valence-corrected chi connectivity index (χ3v) is 17.9. The van der Waals surface area contributed by atoms with Gasteiger partial charge in [-0.1, -0.05) is 152 Å². The average molecular weight is 1170 g/mol. The van der Waals surface area contributed by atoms with E-state index >= 15 is 17.6 Å². The third-order valence-electron chi connectivity index (χ3n) is 17.9. The first kappa shape index (κ1) is 59.0. The van der Waals surface area contributed by atoms with Gasteiger partial charge in [0.25, 0.3) is 0 Å². The molecule has 0 aliphatic rings. The summed E-state index contributed by atoms with van der Waals surface area (Å²) in [5.41, 5.74) is 19.8. The molecule has 0 bridgehead atoms. The molecule has 0 N–H and O–H groups in total. The summed E-state index contributed by atoms with van der Waals surface area (Å²) < 4.78 is 62.1. The Balaban J connectivity index is 1.37. The zero-order valence-corrected chi connectivity index (χ0v) is 51.6. The van der Waals surface area contributed by atoms with Crippen molar-refractivity contribution in [1.29, 1.82) is 0 Å². The standard InChI is InChI=1S/C80H74F4N4/c1-9-51-21-17-22-52(10-2)77(51)85(63-37-29-59(81)30-38-63)71-49-72(86(64-39-31-60(82)32-40-64)78-53(11-3)23-18-24-54(78)12-4)68-47-48-70-74(88(66-43-35-62(84)36-44-66)80-57(15-7)27-20-28-58(80)16-8)50-73(69-46-45-67(71)75(68)76(69)70)87(65-41-33-61(83)34-42-65)79-55(13-5)25-19-26-56(79)14-6/h17-50H,9-16H2,1-8H3. The van der Waals surface area contributed by atoms with Crippen LogP contribution in [-0.2, 0) is 51.4 Å². The van der Waals surface area contributed by atoms with Crippen LogP contribution in [0.1, 0.15) is 99.9 Å². The number of para-hydroxylation sites is 4. The minimum absolute atomic E-state index is 0.340. The van der Waals surface area contributed by atoms with Crippen molar-refractivity contribution in [3.05, 3.63) is 274 Å². The summed E-state index contributed by atoms with van der Waals surface area (Å²) in [5.74, 6) is -1.36. The molecule has 0 radical (unpaired) electrons. The second-order valence-corrected chi connectivity index (χ2v) is 22.7. The monoisotopic (exact) mass is 1170 g/mol. The molecule has 0 atom stereocenters. The highest BCUT2D eigenvalue weighted by molar-refractivity contribution is 6.33. The first-order valence-electron chi connectivity index (χ1n) is 31.4. The van der Waals surface area contributed by atoms with Gasteiger partial charge >= 0.3 is 0 Å². The average Bonchev–Trinajstić information content (AvgIpc) is 0.733. The maximum absolute atomic E-state index is 15.5. The number of rotatable bonds is 20. The molecule has 4 nitrogen and oxygen atoms in total. The van der Waals surface area contributed by atoms with E-state index in [4.69, 9.17) is 0 Å². The van der Waals surface area contributed by atoms with E-state index in [0.717, 1.165) is 196 Å². The van der Waals surface area contributed by atoms with Gasteiger partial charge in [0, 0.05) is 55.1 Å². The number of benzene rings is 12. The second-order valence-electron chi connectivity index (χ2n) is 22.7. The zero-order valence-electron chi connectivity index (χ0n) is 51.6. The van der Waals surface area contributed by atoms with E-state index in [1.54, 1.807) is 48.5 Å². The largest absolute Gasteiger partial charge is 0.309 e. The van der Waals surface area contributed by atoms with Crippen LogP contribution in [0.3, 0.4) is 0 Å². The summed E-state index contributed by atoms with van der Waals surface area (Å²) in [7, 11) is 0. The van der Waals surface area contributed by atoms with Gasteiger partial charge in [-0.3, -0.25) is 0 Å². The van der Waals surface area contributed by atoms with E-state index in [0.29, 0.717) is 0 Å². The Morgan fingerprint density at radius 3 is 0.557 bits per heavy atom. The van der Waals surface area contributed by atoms with Crippen molar-refractivity contribution in [2.75, 3.05) is 19.6 Å². The fraction of sp³-hybridized carbons (Fsp3) is 0.200. The van der Waals surface area contributed by atoms with Gasteiger partial charge in [0.1, 0.15) is 23.3 Å². The van der Waals surface area contributed by atoms with Crippen molar-refractivity contribution in [1.82, 2.24) is 0 Å². The van der Waals surface area contributed by atoms with Crippen LogP contribution in [0.5, 0.6) is 0 Å². The lowest BCUT2D eigenvalue weighted by atomic mass is 9.88. The zero-order chi connectivity index (χ0) is 61.3. The molecule has 0 spiro atoms. The molecule has 0 saturated heterocycles. The van der Waals surface area contributed by atoms with Gasteiger partial charge in [-0.2, -0.15) is 0 Å². The van der Waals surface area contributed by atoms with Gasteiger partial charge < -0.3 is 19.6 Å². The summed E-state index contributed by atoms with van der Waals surface area (Å²) >= 11 is 0. The molecule has 0 aliphatic heterocycles. The second kappa shape index (κ2) is 25.1. The number of nitrogens with zero attached hydrogens (tertiary/aromatic N) is 4. The molecule has 12 aromatic rings. The molecule has 12 aromatic carbocycles. The lowest BCUT2D eigenvalue weighted by Gasteiger charge is -2.37. The molecule has 0 saturated carbocycles. The van der Waals surface area contributed by atoms with Gasteiger partial charge in [-0.15, -0.1) is 0 Å². The lowest BCUT2D eigenvalue weighted by Crippen LogP contribution is -2.19. The van der Waals surface area contributed by atoms with Crippen molar-refractivity contribution in [3.8, 4) is 0 Å². The first-order valence-corrected chi connectivity index (χ1v) is 31.4. The normalized spacial score (nSPS) is 11.5. The number of hydrogen-bond donors (Lipinski definition) is 0. The first-order chi connectivity index (χ1) is 43.0. The molecule has 0 heterocycles. The van der Waals surface area contributed by atoms with Crippen molar-refractivity contribution < 1.29 is 17.6 Å². The molecule has 8 heteroatoms. The molecule has 88 heavy (non-hydrogen) atoms. The Labute approximate surface area is 515 Å². The highest BCUT2D eigenvalue weighted by Crippen LogP contribution is 2.57. The fourth-order valence-corrected chi connectivity index (χ4v) is 13.6. The number of aryl methyl sites for hydroxylation is 8. The van der Waals surface area contributed by atoms with Gasteiger partial charge in [-0.25, -0.2) is 17.6 Å². The quantitative estimate of drug-likeness (QED) is 0.0557. The van der Waals surface area contributed by atoms with Gasteiger partial charge in [0.15, 0.2) is 0 Å². The predicted octanol–water partition coefficient (Wildman–Crippen LogP) is 23.5. The van der Waals surface area contributed by atoms with Crippen LogP contribution in [0.25, 0.3) is 32.3 Å². The van der Waals surface area contributed by atoms with Crippen molar-refractivity contribution in [2.24, 2.45) is 0 Å². The molecule has 0 fully saturated rings. The fourth-order valence-electron chi connectivity index (χ4n) is 13.6. The maximum Gasteiger partial charge on any atom is 0.123 e. The molecule has 0 aromatic heterocycles. The maximum atomic E-state index is 15.5. The van der Waals surface area contributed by atoms with Crippen molar-refractivity contribution in [3.63, 3.8) is 0 Å². The Hall–Kier alpha value is -9.40. The molecule has 442 valence electrons. The number of anilines is 12. The van der Waals surface area contributed by atoms with E-state index in [-0.39, 0.29) is 23.3 Å². The van der Waals surface area contributed by atoms with E-state index < -0.39 is 0 Å². The summed E-state index contributed by atoms with van der Waals surface area (Å²) in [6.45, 7) is 17.5. The van der Waals surface area contributed by atoms with Gasteiger partial charge in [0.2, 0.25) is 0 Å². The van der Waals surface area contributed by atoms with Gasteiger partial charge in [0.05, 0.1) is 45.5 Å². The topological polar surface area (TPSA) is 13.0 Å². The van der Waals surface area contributed by atoms with E-state index in [1.165, 1.54) is 0 Å². The molecule has 0 unspecified atom stereocenters. The van der Waals surface area contributed by atoms with Crippen LogP contribution >= 0.6 is 0 Å². The van der Waals surface area contributed by atoms with Crippen LogP contribution in [0.2, 0.25) is 0 Å². The Kier molecular flexibility index (Phi) is 16.8. The lowest BCUT2D eigenvalue weighted by molar-refractivity contribution is 0.627. The summed E-state index contributed by atoms with van der Waals surface area (Å²) in [4.78, 5) is 9.37. The molecule has 12 rings (SSSR count). The Morgan fingerprint density at radius 2 is 0.398 bits per heavy atom. The van der Waals surface area contributed by atoms with Crippen molar-refractivity contribution in [2.45, 2.75) is 107 Å². The van der Waals surface area contributed by atoms with E-state index in [2.05, 4.69) is 184 Å². The van der Waals surface area contributed by atoms with E-state index in [1.807, 2.05) is 48.5 Å². The Bertz CT molecular complexity index is 3820. The van der Waals surface area contributed by atoms with Crippen LogP contribution in [-0.4, -0.2) is 0 Å². The minimum atomic E-state index is -0.340. The highest BCUT2D eigenvalue weighted by atomic mass is 19.1. The van der Waals surface area contributed by atoms with Crippen molar-refractivity contribution >= 4 is 101 Å². The predicted molar refractivity (Wildman–Crippen MR) is 364 cm³/mol. The molecular formula is C80H74F4N4. The van der Waals surface area contributed by atoms with E-state index in [9.17, 15) is 0 Å². The number of halogens is 4. The SMILES string of the molecule is CCc1cccc(CC)c1N(c1ccc(F)cc1)c1cc(N(c2ccc(F)cc2)c2c(CC)cccc2CC)c2ccc3c(N(c4ccc(F)cc4)c4c(CC)cccc4CC)cc(N(c4ccc(F)cc4)c4c(CC)cccc4CC)c4ccc1c2c43. The minimum Gasteiger partial charge on any atom is -0.309 e. The summed E-state index contributed by atoms with van der Waals surface area (Å²) in [6.07, 6.45) is 5.84. The molecule has 0 amide bonds. The van der Waals surface area contributed by atoms with Crippen LogP contribution < -0.4 is 19.6 Å². The molecular weight excluding hydrogens is 1090 g/mol. The number of hydrogen-bond acceptors (Lipinski definition) is 4. The smallest absolute Gasteiger partial charge is 0.123 e. The van der Waals surface area contributed by atoms with Gasteiger partial charge in [-0.05, 0) is 205 Å². The summed E-state index contributed by atoms with van der Waals surface area (Å²) in [6, 6.07) is 67.1. The van der Waals surface area contributed by atoms with Crippen LogP contribution in [0.15, 0.2) is 206 Å². The third kappa shape index (κ3) is 10.5. The highest BCUT2D eigenvalue weighted by Gasteiger charge is 2.32.